The number of benzene rings is 1. The van der Waals surface area contributed by atoms with Crippen molar-refractivity contribution in [3.63, 3.8) is 0 Å². The van der Waals surface area contributed by atoms with Crippen LogP contribution in [0.15, 0.2) is 29.2 Å². The van der Waals surface area contributed by atoms with E-state index >= 15 is 0 Å². The third-order valence-electron chi connectivity index (χ3n) is 6.13. The van der Waals surface area contributed by atoms with Crippen molar-refractivity contribution in [2.45, 2.75) is 31.8 Å². The Kier molecular flexibility index (Phi) is 5.90. The largest absolute Gasteiger partial charge is 0.503 e. The van der Waals surface area contributed by atoms with E-state index in [-0.39, 0.29) is 34.3 Å². The molecule has 1 aliphatic heterocycles. The van der Waals surface area contributed by atoms with Gasteiger partial charge in [0.15, 0.2) is 16.5 Å². The third-order valence-corrected chi connectivity index (χ3v) is 7.09. The highest BCUT2D eigenvalue weighted by atomic mass is 32.1. The van der Waals surface area contributed by atoms with Gasteiger partial charge in [0, 0.05) is 38.9 Å². The number of nitrogens with zero attached hydrogens (tertiary/aromatic N) is 4. The molecule has 3 aromatic rings. The van der Waals surface area contributed by atoms with E-state index < -0.39 is 28.7 Å². The number of amides is 1. The molecule has 3 heterocycles. The van der Waals surface area contributed by atoms with Crippen LogP contribution in [0.5, 0.6) is 5.75 Å². The number of aromatic nitrogens is 3. The van der Waals surface area contributed by atoms with Crippen molar-refractivity contribution in [1.82, 2.24) is 19.7 Å². The topological polar surface area (TPSA) is 97.5 Å². The summed E-state index contributed by atoms with van der Waals surface area (Å²) in [5, 5.41) is 19.4. The molecule has 1 N–H and O–H groups in total. The Hall–Kier alpha value is -3.18. The van der Waals surface area contributed by atoms with Gasteiger partial charge in [0.1, 0.15) is 16.6 Å². The van der Waals surface area contributed by atoms with Crippen LogP contribution < -0.4 is 5.43 Å². The molecule has 1 aromatic carbocycles. The lowest BCUT2D eigenvalue weighted by Gasteiger charge is -2.37. The van der Waals surface area contributed by atoms with Gasteiger partial charge in [-0.1, -0.05) is 17.4 Å². The second-order valence-electron chi connectivity index (χ2n) is 8.64. The van der Waals surface area contributed by atoms with Crippen molar-refractivity contribution >= 4 is 17.2 Å². The van der Waals surface area contributed by atoms with E-state index in [1.807, 2.05) is 0 Å². The van der Waals surface area contributed by atoms with Crippen molar-refractivity contribution in [2.24, 2.45) is 5.92 Å². The Balaban J connectivity index is 1.48. The first kappa shape index (κ1) is 22.6. The van der Waals surface area contributed by atoms with E-state index in [1.54, 1.807) is 16.6 Å². The zero-order valence-corrected chi connectivity index (χ0v) is 19.1. The van der Waals surface area contributed by atoms with Crippen LogP contribution in [0.2, 0.25) is 0 Å². The van der Waals surface area contributed by atoms with Gasteiger partial charge in [-0.2, -0.15) is 0 Å². The Morgan fingerprint density at radius 3 is 2.74 bits per heavy atom. The molecule has 1 amide bonds. The highest BCUT2D eigenvalue weighted by Crippen LogP contribution is 2.34. The van der Waals surface area contributed by atoms with Crippen LogP contribution in [0.25, 0.3) is 10.6 Å². The molecule has 0 bridgehead atoms. The second kappa shape index (κ2) is 8.88. The summed E-state index contributed by atoms with van der Waals surface area (Å²) < 4.78 is 34.1. The Labute approximate surface area is 197 Å². The molecule has 1 aliphatic carbocycles. The van der Waals surface area contributed by atoms with Crippen LogP contribution in [-0.4, -0.2) is 57.0 Å². The van der Waals surface area contributed by atoms with E-state index in [0.29, 0.717) is 30.6 Å². The summed E-state index contributed by atoms with van der Waals surface area (Å²) in [6.45, 7) is 1.25. The summed E-state index contributed by atoms with van der Waals surface area (Å²) in [6.07, 6.45) is 3.70. The quantitative estimate of drug-likeness (QED) is 0.549. The number of aromatic hydroxyl groups is 1. The summed E-state index contributed by atoms with van der Waals surface area (Å²) >= 11 is 1.07. The minimum atomic E-state index is -0.716. The molecular formula is C23H22F2N4O4S. The number of carbonyl (C=O) groups excluding carboxylic acids is 1. The lowest BCUT2D eigenvalue weighted by atomic mass is 10.1. The average molecular weight is 489 g/mol. The molecular weight excluding hydrogens is 466 g/mol. The SMILES string of the molecule is COC[C@@H]1Cn2cc(-c3nnc(Cc4ccc(F)cc4F)s3)c(=O)c(O)c2C(=O)N1CC1CC1. The maximum atomic E-state index is 14.0. The van der Waals surface area contributed by atoms with Gasteiger partial charge in [0.25, 0.3) is 5.91 Å². The second-order valence-corrected chi connectivity index (χ2v) is 9.71. The Morgan fingerprint density at radius 1 is 1.24 bits per heavy atom. The summed E-state index contributed by atoms with van der Waals surface area (Å²) in [5.41, 5.74) is -0.409. The monoisotopic (exact) mass is 488 g/mol. The van der Waals surface area contributed by atoms with E-state index in [0.717, 1.165) is 36.3 Å². The smallest absolute Gasteiger partial charge is 0.274 e. The molecule has 0 radical (unpaired) electrons. The predicted octanol–water partition coefficient (Wildman–Crippen LogP) is 2.82. The van der Waals surface area contributed by atoms with Gasteiger partial charge in [0.05, 0.1) is 18.2 Å². The average Bonchev–Trinajstić information content (AvgIpc) is 3.50. The van der Waals surface area contributed by atoms with Crippen molar-refractivity contribution in [2.75, 3.05) is 20.3 Å². The number of rotatable bonds is 7. The van der Waals surface area contributed by atoms with E-state index in [4.69, 9.17) is 4.74 Å². The lowest BCUT2D eigenvalue weighted by Crippen LogP contribution is -2.51. The zero-order chi connectivity index (χ0) is 24.0. The van der Waals surface area contributed by atoms with Crippen LogP contribution in [0.4, 0.5) is 8.78 Å². The standard InChI is InChI=1S/C23H22F2N4O4S/c1-33-11-15-9-28-10-16(20(30)21(31)19(28)23(32)29(15)8-12-2-3-12)22-27-26-18(34-22)6-13-4-5-14(24)7-17(13)25/h4-5,7,10,12,15,31H,2-3,6,8-9,11H2,1H3/t15-/m0/s1. The first-order valence-corrected chi connectivity index (χ1v) is 11.7. The fourth-order valence-corrected chi connectivity index (χ4v) is 5.08. The number of carbonyl (C=O) groups is 1. The Bertz CT molecular complexity index is 1320. The van der Waals surface area contributed by atoms with Gasteiger partial charge >= 0.3 is 0 Å². The molecule has 0 spiro atoms. The molecule has 1 fully saturated rings. The fraction of sp³-hybridized carbons (Fsp3) is 0.391. The number of hydrogen-bond donors (Lipinski definition) is 1. The summed E-state index contributed by atoms with van der Waals surface area (Å²) in [7, 11) is 1.57. The van der Waals surface area contributed by atoms with Crippen molar-refractivity contribution in [3.8, 4) is 16.3 Å². The van der Waals surface area contributed by atoms with Gasteiger partial charge < -0.3 is 19.3 Å². The molecule has 178 valence electrons. The zero-order valence-electron chi connectivity index (χ0n) is 18.3. The summed E-state index contributed by atoms with van der Waals surface area (Å²) in [6, 6.07) is 3.06. The number of ether oxygens (including phenoxy) is 1. The molecule has 2 aliphatic rings. The van der Waals surface area contributed by atoms with Crippen LogP contribution in [0, 0.1) is 17.6 Å². The van der Waals surface area contributed by atoms with Crippen LogP contribution in [0.3, 0.4) is 0 Å². The molecule has 1 saturated carbocycles. The molecule has 1 atom stereocenters. The molecule has 0 saturated heterocycles. The van der Waals surface area contributed by atoms with Crippen LogP contribution in [-0.2, 0) is 17.7 Å². The summed E-state index contributed by atoms with van der Waals surface area (Å²) in [5.74, 6) is -1.95. The Morgan fingerprint density at radius 2 is 2.03 bits per heavy atom. The first-order valence-electron chi connectivity index (χ1n) is 10.9. The molecule has 5 rings (SSSR count). The number of halogens is 2. The van der Waals surface area contributed by atoms with E-state index in [2.05, 4.69) is 10.2 Å². The third kappa shape index (κ3) is 4.21. The molecule has 8 nitrogen and oxygen atoms in total. The minimum Gasteiger partial charge on any atom is -0.503 e. The maximum absolute atomic E-state index is 14.0. The fourth-order valence-electron chi connectivity index (χ4n) is 4.21. The number of fused-ring (bicyclic) bond motifs is 1. The normalized spacial score (nSPS) is 17.8. The maximum Gasteiger partial charge on any atom is 0.274 e. The molecule has 2 aromatic heterocycles. The van der Waals surface area contributed by atoms with Gasteiger partial charge in [-0.3, -0.25) is 9.59 Å². The van der Waals surface area contributed by atoms with E-state index in [9.17, 15) is 23.5 Å². The van der Waals surface area contributed by atoms with Gasteiger partial charge in [-0.05, 0) is 30.4 Å². The van der Waals surface area contributed by atoms with Gasteiger partial charge in [0.2, 0.25) is 5.43 Å². The summed E-state index contributed by atoms with van der Waals surface area (Å²) in [4.78, 5) is 27.9. The highest BCUT2D eigenvalue weighted by molar-refractivity contribution is 7.14. The lowest BCUT2D eigenvalue weighted by molar-refractivity contribution is 0.0390. The molecule has 0 unspecified atom stereocenters. The molecule has 11 heteroatoms. The molecule has 34 heavy (non-hydrogen) atoms. The van der Waals surface area contributed by atoms with Crippen molar-refractivity contribution in [3.05, 3.63) is 62.5 Å². The van der Waals surface area contributed by atoms with Gasteiger partial charge in [-0.25, -0.2) is 8.78 Å². The highest BCUT2D eigenvalue weighted by Gasteiger charge is 2.38. The number of hydrogen-bond acceptors (Lipinski definition) is 7. The van der Waals surface area contributed by atoms with E-state index in [1.165, 1.54) is 12.3 Å². The van der Waals surface area contributed by atoms with Gasteiger partial charge in [-0.15, -0.1) is 10.2 Å². The van der Waals surface area contributed by atoms with Crippen LogP contribution >= 0.6 is 11.3 Å². The number of pyridine rings is 1. The first-order chi connectivity index (χ1) is 16.4. The predicted molar refractivity (Wildman–Crippen MR) is 120 cm³/mol. The number of methoxy groups -OCH3 is 1. The van der Waals surface area contributed by atoms with Crippen molar-refractivity contribution in [1.29, 1.82) is 0 Å². The van der Waals surface area contributed by atoms with Crippen LogP contribution in [0.1, 0.15) is 33.9 Å². The minimum absolute atomic E-state index is 0.0418. The van der Waals surface area contributed by atoms with Crippen molar-refractivity contribution < 1.29 is 23.4 Å².